The van der Waals surface area contributed by atoms with Gasteiger partial charge in [0.2, 0.25) is 5.28 Å². The molecule has 1 saturated carbocycles. The summed E-state index contributed by atoms with van der Waals surface area (Å²) in [6.45, 7) is 3.32. The number of fused-ring (bicyclic) bond motifs is 2. The SMILES string of the molecule is C[C@]12CN(c3nc(Cl)nc4c3CCC4(F)F)C[C@H]1[C@@H]2CC(=O)O. The Kier molecular flexibility index (Phi) is 2.96. The first-order chi connectivity index (χ1) is 10.7. The van der Waals surface area contributed by atoms with Gasteiger partial charge in [-0.2, -0.15) is 8.78 Å². The van der Waals surface area contributed by atoms with Crippen LogP contribution in [-0.2, 0) is 17.1 Å². The second-order valence-electron chi connectivity index (χ2n) is 7.05. The molecule has 23 heavy (non-hydrogen) atoms. The van der Waals surface area contributed by atoms with Gasteiger partial charge in [-0.1, -0.05) is 6.92 Å². The van der Waals surface area contributed by atoms with E-state index in [0.29, 0.717) is 24.5 Å². The molecule has 5 nitrogen and oxygen atoms in total. The van der Waals surface area contributed by atoms with Crippen molar-refractivity contribution >= 4 is 23.4 Å². The van der Waals surface area contributed by atoms with E-state index in [1.807, 2.05) is 4.90 Å². The van der Waals surface area contributed by atoms with Crippen molar-refractivity contribution in [3.63, 3.8) is 0 Å². The lowest BCUT2D eigenvalue weighted by atomic mass is 10.0. The molecule has 1 aromatic heterocycles. The van der Waals surface area contributed by atoms with Gasteiger partial charge >= 0.3 is 5.97 Å². The molecular weight excluding hydrogens is 328 g/mol. The molecule has 2 aliphatic carbocycles. The van der Waals surface area contributed by atoms with Crippen LogP contribution in [-0.4, -0.2) is 34.1 Å². The van der Waals surface area contributed by atoms with Crippen LogP contribution in [0.5, 0.6) is 0 Å². The van der Waals surface area contributed by atoms with E-state index < -0.39 is 11.9 Å². The van der Waals surface area contributed by atoms with E-state index in [-0.39, 0.29) is 47.5 Å². The van der Waals surface area contributed by atoms with Crippen LogP contribution in [0.25, 0.3) is 0 Å². The molecule has 1 N–H and O–H groups in total. The molecule has 0 bridgehead atoms. The summed E-state index contributed by atoms with van der Waals surface area (Å²) in [4.78, 5) is 20.8. The summed E-state index contributed by atoms with van der Waals surface area (Å²) in [5, 5.41) is 8.80. The molecule has 4 rings (SSSR count). The fraction of sp³-hybridized carbons (Fsp3) is 0.667. The molecule has 0 radical (unpaired) electrons. The molecule has 0 unspecified atom stereocenters. The molecule has 0 amide bonds. The Bertz CT molecular complexity index is 714. The van der Waals surface area contributed by atoms with Gasteiger partial charge in [0, 0.05) is 31.5 Å². The Morgan fingerprint density at radius 1 is 1.48 bits per heavy atom. The zero-order chi connectivity index (χ0) is 16.6. The number of aliphatic carboxylic acids is 1. The Balaban J connectivity index is 1.62. The summed E-state index contributed by atoms with van der Waals surface area (Å²) in [6, 6.07) is 0. The number of nitrogens with zero attached hydrogens (tertiary/aromatic N) is 3. The standard InChI is InChI=1S/C15H16ClF2N3O2/c1-14-6-21(5-9(14)8(14)4-10(22)23)12-7-2-3-15(17,18)11(7)19-13(16)20-12/h8-9H,2-6H2,1H3,(H,22,23)/t8-,9-,14+/m0/s1. The van der Waals surface area contributed by atoms with E-state index in [1.54, 1.807) is 0 Å². The van der Waals surface area contributed by atoms with Crippen molar-refractivity contribution in [2.24, 2.45) is 17.3 Å². The number of alkyl halides is 2. The third kappa shape index (κ3) is 2.12. The minimum Gasteiger partial charge on any atom is -0.481 e. The fourth-order valence-electron chi connectivity index (χ4n) is 4.41. The molecule has 0 spiro atoms. The van der Waals surface area contributed by atoms with Crippen LogP contribution in [0.15, 0.2) is 0 Å². The van der Waals surface area contributed by atoms with Crippen molar-refractivity contribution in [1.82, 2.24) is 9.97 Å². The summed E-state index contributed by atoms with van der Waals surface area (Å²) in [6.07, 6.45) is 0.140. The highest BCUT2D eigenvalue weighted by Gasteiger charge is 2.66. The lowest BCUT2D eigenvalue weighted by Gasteiger charge is -2.25. The Labute approximate surface area is 136 Å². The largest absolute Gasteiger partial charge is 0.481 e. The Morgan fingerprint density at radius 3 is 2.83 bits per heavy atom. The van der Waals surface area contributed by atoms with Crippen molar-refractivity contribution in [3.05, 3.63) is 16.5 Å². The summed E-state index contributed by atoms with van der Waals surface area (Å²) in [5.41, 5.74) is 0.156. The number of aromatic nitrogens is 2. The lowest BCUT2D eigenvalue weighted by molar-refractivity contribution is -0.137. The van der Waals surface area contributed by atoms with Gasteiger partial charge in [-0.05, 0) is 35.3 Å². The molecule has 1 saturated heterocycles. The molecule has 2 heterocycles. The monoisotopic (exact) mass is 343 g/mol. The van der Waals surface area contributed by atoms with Crippen molar-refractivity contribution in [2.45, 2.75) is 32.1 Å². The van der Waals surface area contributed by atoms with Gasteiger partial charge in [-0.25, -0.2) is 9.97 Å². The summed E-state index contributed by atoms with van der Waals surface area (Å²) in [5.74, 6) is -2.81. The number of hydrogen-bond acceptors (Lipinski definition) is 4. The highest BCUT2D eigenvalue weighted by atomic mass is 35.5. The van der Waals surface area contributed by atoms with Crippen LogP contribution >= 0.6 is 11.6 Å². The van der Waals surface area contributed by atoms with E-state index in [2.05, 4.69) is 16.9 Å². The van der Waals surface area contributed by atoms with Crippen LogP contribution < -0.4 is 4.90 Å². The van der Waals surface area contributed by atoms with Gasteiger partial charge in [-0.3, -0.25) is 4.79 Å². The zero-order valence-electron chi connectivity index (χ0n) is 12.5. The number of piperidine rings is 1. The molecule has 124 valence electrons. The second kappa shape index (κ2) is 4.53. The molecule has 0 aromatic carbocycles. The Morgan fingerprint density at radius 2 is 2.22 bits per heavy atom. The predicted octanol–water partition coefficient (Wildman–Crippen LogP) is 2.71. The summed E-state index contributed by atoms with van der Waals surface area (Å²) < 4.78 is 27.8. The maximum atomic E-state index is 13.9. The first-order valence-electron chi connectivity index (χ1n) is 7.64. The van der Waals surface area contributed by atoms with Crippen LogP contribution in [0.1, 0.15) is 31.0 Å². The molecule has 1 aliphatic heterocycles. The quantitative estimate of drug-likeness (QED) is 0.855. The third-order valence-electron chi connectivity index (χ3n) is 5.71. The van der Waals surface area contributed by atoms with Crippen LogP contribution in [0.3, 0.4) is 0 Å². The van der Waals surface area contributed by atoms with Crippen molar-refractivity contribution in [1.29, 1.82) is 0 Å². The summed E-state index contributed by atoms with van der Waals surface area (Å²) >= 11 is 5.85. The molecule has 3 atom stereocenters. The van der Waals surface area contributed by atoms with Crippen molar-refractivity contribution < 1.29 is 18.7 Å². The second-order valence-corrected chi connectivity index (χ2v) is 7.38. The number of rotatable bonds is 3. The minimum absolute atomic E-state index is 0.0795. The van der Waals surface area contributed by atoms with E-state index in [4.69, 9.17) is 16.7 Å². The van der Waals surface area contributed by atoms with Gasteiger partial charge in [0.15, 0.2) is 0 Å². The highest BCUT2D eigenvalue weighted by molar-refractivity contribution is 6.28. The number of carboxylic acids is 1. The maximum Gasteiger partial charge on any atom is 0.303 e. The third-order valence-corrected chi connectivity index (χ3v) is 5.88. The first-order valence-corrected chi connectivity index (χ1v) is 8.01. The van der Waals surface area contributed by atoms with Gasteiger partial charge in [0.05, 0.1) is 0 Å². The Hall–Kier alpha value is -1.50. The lowest BCUT2D eigenvalue weighted by Crippen LogP contribution is -2.29. The van der Waals surface area contributed by atoms with Crippen molar-refractivity contribution in [3.8, 4) is 0 Å². The smallest absolute Gasteiger partial charge is 0.303 e. The fourth-order valence-corrected chi connectivity index (χ4v) is 4.58. The molecule has 8 heteroatoms. The number of carboxylic acid groups (broad SMARTS) is 1. The van der Waals surface area contributed by atoms with Crippen LogP contribution in [0.4, 0.5) is 14.6 Å². The average Bonchev–Trinajstić information content (AvgIpc) is 2.74. The topological polar surface area (TPSA) is 66.3 Å². The zero-order valence-corrected chi connectivity index (χ0v) is 13.3. The molecule has 2 fully saturated rings. The van der Waals surface area contributed by atoms with E-state index in [9.17, 15) is 13.6 Å². The molecule has 3 aliphatic rings. The van der Waals surface area contributed by atoms with Crippen LogP contribution in [0.2, 0.25) is 5.28 Å². The minimum atomic E-state index is -2.95. The first kappa shape index (κ1) is 15.1. The van der Waals surface area contributed by atoms with E-state index in [1.165, 1.54) is 0 Å². The van der Waals surface area contributed by atoms with Gasteiger partial charge < -0.3 is 10.0 Å². The summed E-state index contributed by atoms with van der Waals surface area (Å²) in [7, 11) is 0. The van der Waals surface area contributed by atoms with Gasteiger partial charge in [-0.15, -0.1) is 0 Å². The van der Waals surface area contributed by atoms with Crippen LogP contribution in [0, 0.1) is 17.3 Å². The number of halogens is 3. The van der Waals surface area contributed by atoms with Gasteiger partial charge in [0.1, 0.15) is 11.5 Å². The molecular formula is C15H16ClF2N3O2. The average molecular weight is 344 g/mol. The predicted molar refractivity (Wildman–Crippen MR) is 78.8 cm³/mol. The normalized spacial score (nSPS) is 33.5. The van der Waals surface area contributed by atoms with E-state index in [0.717, 1.165) is 0 Å². The molecule has 1 aromatic rings. The number of carbonyl (C=O) groups is 1. The maximum absolute atomic E-state index is 13.9. The number of hydrogen-bond donors (Lipinski definition) is 1. The van der Waals surface area contributed by atoms with E-state index >= 15 is 0 Å². The number of anilines is 1. The highest BCUT2D eigenvalue weighted by Crippen LogP contribution is 2.65. The van der Waals surface area contributed by atoms with Crippen molar-refractivity contribution in [2.75, 3.05) is 18.0 Å². The van der Waals surface area contributed by atoms with Gasteiger partial charge in [0.25, 0.3) is 5.92 Å².